The second-order valence-electron chi connectivity index (χ2n) is 7.53. The van der Waals surface area contributed by atoms with Crippen molar-refractivity contribution in [2.45, 2.75) is 36.6 Å². The molecule has 1 saturated heterocycles. The van der Waals surface area contributed by atoms with Crippen molar-refractivity contribution in [1.82, 2.24) is 4.90 Å². The van der Waals surface area contributed by atoms with Crippen molar-refractivity contribution in [3.63, 3.8) is 0 Å². The van der Waals surface area contributed by atoms with E-state index in [1.165, 1.54) is 24.3 Å². The van der Waals surface area contributed by atoms with Crippen LogP contribution in [0.2, 0.25) is 10.0 Å². The number of hydrogen-bond donors (Lipinski definition) is 3. The molecule has 1 fully saturated rings. The highest BCUT2D eigenvalue weighted by molar-refractivity contribution is 7.89. The van der Waals surface area contributed by atoms with E-state index >= 15 is 0 Å². The average Bonchev–Trinajstić information content (AvgIpc) is 2.75. The summed E-state index contributed by atoms with van der Waals surface area (Å²) in [5, 5.41) is 11.4. The standard InChI is InChI=1S/C21H24Cl2N4O4S/c22-17-9-6-15(13-18(17)23)26-21(29)19-3-1-2-11-27(19)12-10-20(28)25-14-4-7-16(8-5-14)32(24,30)31/h4-9,13,19H,1-3,10-12H2,(H,25,28)(H,26,29)(H2,24,30,31). The summed E-state index contributed by atoms with van der Waals surface area (Å²) in [5.74, 6) is -0.385. The summed E-state index contributed by atoms with van der Waals surface area (Å²) in [6.07, 6.45) is 2.77. The lowest BCUT2D eigenvalue weighted by molar-refractivity contribution is -0.123. The highest BCUT2D eigenvalue weighted by Crippen LogP contribution is 2.26. The fraction of sp³-hybridized carbons (Fsp3) is 0.333. The molecule has 3 rings (SSSR count). The van der Waals surface area contributed by atoms with Crippen LogP contribution in [0.5, 0.6) is 0 Å². The number of piperidine rings is 1. The number of primary sulfonamides is 1. The van der Waals surface area contributed by atoms with Crippen molar-refractivity contribution < 1.29 is 18.0 Å². The average molecular weight is 499 g/mol. The number of nitrogens with two attached hydrogens (primary N) is 1. The number of halogens is 2. The van der Waals surface area contributed by atoms with Crippen molar-refractivity contribution in [2.24, 2.45) is 5.14 Å². The molecule has 0 bridgehead atoms. The van der Waals surface area contributed by atoms with Crippen LogP contribution in [0.4, 0.5) is 11.4 Å². The molecule has 1 heterocycles. The van der Waals surface area contributed by atoms with E-state index in [0.29, 0.717) is 34.4 Å². The Morgan fingerprint density at radius 3 is 2.34 bits per heavy atom. The van der Waals surface area contributed by atoms with Crippen molar-refractivity contribution in [3.05, 3.63) is 52.5 Å². The first-order valence-electron chi connectivity index (χ1n) is 10.1. The summed E-state index contributed by atoms with van der Waals surface area (Å²) in [6, 6.07) is 10.2. The van der Waals surface area contributed by atoms with Gasteiger partial charge in [-0.15, -0.1) is 0 Å². The van der Waals surface area contributed by atoms with E-state index in [9.17, 15) is 18.0 Å². The lowest BCUT2D eigenvalue weighted by atomic mass is 10.0. The Morgan fingerprint density at radius 2 is 1.69 bits per heavy atom. The largest absolute Gasteiger partial charge is 0.326 e. The minimum Gasteiger partial charge on any atom is -0.326 e. The van der Waals surface area contributed by atoms with Crippen molar-refractivity contribution >= 4 is 56.4 Å². The van der Waals surface area contributed by atoms with E-state index in [0.717, 1.165) is 19.4 Å². The Balaban J connectivity index is 1.55. The number of carbonyl (C=O) groups excluding carboxylic acids is 2. The molecular formula is C21H24Cl2N4O4S. The third-order valence-electron chi connectivity index (χ3n) is 5.20. The van der Waals surface area contributed by atoms with Gasteiger partial charge < -0.3 is 10.6 Å². The van der Waals surface area contributed by atoms with Crippen LogP contribution in [-0.4, -0.2) is 44.3 Å². The first-order valence-corrected chi connectivity index (χ1v) is 12.4. The van der Waals surface area contributed by atoms with Gasteiger partial charge in [-0.05, 0) is 61.9 Å². The van der Waals surface area contributed by atoms with E-state index in [2.05, 4.69) is 10.6 Å². The van der Waals surface area contributed by atoms with E-state index < -0.39 is 10.0 Å². The summed E-state index contributed by atoms with van der Waals surface area (Å²) >= 11 is 11.9. The molecule has 172 valence electrons. The van der Waals surface area contributed by atoms with E-state index in [4.69, 9.17) is 28.3 Å². The number of rotatable bonds is 7. The minimum absolute atomic E-state index is 0.0281. The predicted octanol–water partition coefficient (Wildman–Crippen LogP) is 3.46. The summed E-state index contributed by atoms with van der Waals surface area (Å²) in [7, 11) is -3.79. The zero-order chi connectivity index (χ0) is 23.3. The Morgan fingerprint density at radius 1 is 1.00 bits per heavy atom. The van der Waals surface area contributed by atoms with Gasteiger partial charge in [0.05, 0.1) is 21.0 Å². The fourth-order valence-electron chi connectivity index (χ4n) is 3.55. The lowest BCUT2D eigenvalue weighted by Gasteiger charge is -2.34. The highest BCUT2D eigenvalue weighted by atomic mass is 35.5. The Kier molecular flexibility index (Phi) is 8.13. The van der Waals surface area contributed by atoms with Crippen LogP contribution >= 0.6 is 23.2 Å². The molecule has 2 aromatic rings. The Labute approximate surface area is 197 Å². The summed E-state index contributed by atoms with van der Waals surface area (Å²) in [4.78, 5) is 27.2. The monoisotopic (exact) mass is 498 g/mol. The van der Waals surface area contributed by atoms with Gasteiger partial charge in [0, 0.05) is 24.3 Å². The van der Waals surface area contributed by atoms with Gasteiger partial charge in [-0.25, -0.2) is 13.6 Å². The van der Waals surface area contributed by atoms with Gasteiger partial charge in [0.2, 0.25) is 21.8 Å². The molecule has 11 heteroatoms. The molecule has 1 atom stereocenters. The third kappa shape index (κ3) is 6.66. The molecule has 0 saturated carbocycles. The van der Waals surface area contributed by atoms with Gasteiger partial charge in [-0.1, -0.05) is 29.6 Å². The van der Waals surface area contributed by atoms with E-state index in [1.807, 2.05) is 4.90 Å². The molecule has 0 spiro atoms. The maximum Gasteiger partial charge on any atom is 0.241 e. The molecule has 2 aromatic carbocycles. The minimum atomic E-state index is -3.79. The molecule has 0 aliphatic carbocycles. The van der Waals surface area contributed by atoms with Gasteiger partial charge in [0.15, 0.2) is 0 Å². The second-order valence-corrected chi connectivity index (χ2v) is 9.91. The maximum atomic E-state index is 12.8. The molecular weight excluding hydrogens is 475 g/mol. The molecule has 1 unspecified atom stereocenters. The lowest BCUT2D eigenvalue weighted by Crippen LogP contribution is -2.47. The van der Waals surface area contributed by atoms with Crippen LogP contribution < -0.4 is 15.8 Å². The highest BCUT2D eigenvalue weighted by Gasteiger charge is 2.29. The van der Waals surface area contributed by atoms with Crippen LogP contribution in [0.1, 0.15) is 25.7 Å². The predicted molar refractivity (Wildman–Crippen MR) is 125 cm³/mol. The number of likely N-dealkylation sites (tertiary alicyclic amines) is 1. The first-order chi connectivity index (χ1) is 15.1. The van der Waals surface area contributed by atoms with Crippen LogP contribution in [0.25, 0.3) is 0 Å². The quantitative estimate of drug-likeness (QED) is 0.539. The first kappa shape index (κ1) is 24.5. The zero-order valence-electron chi connectivity index (χ0n) is 17.2. The van der Waals surface area contributed by atoms with Crippen molar-refractivity contribution in [3.8, 4) is 0 Å². The maximum absolute atomic E-state index is 12.8. The second kappa shape index (κ2) is 10.6. The molecule has 0 radical (unpaired) electrons. The zero-order valence-corrected chi connectivity index (χ0v) is 19.5. The van der Waals surface area contributed by atoms with Gasteiger partial charge in [0.1, 0.15) is 0 Å². The van der Waals surface area contributed by atoms with Gasteiger partial charge in [0.25, 0.3) is 0 Å². The van der Waals surface area contributed by atoms with Crippen molar-refractivity contribution in [2.75, 3.05) is 23.7 Å². The smallest absolute Gasteiger partial charge is 0.241 e. The van der Waals surface area contributed by atoms with Crippen LogP contribution in [0.15, 0.2) is 47.4 Å². The molecule has 32 heavy (non-hydrogen) atoms. The summed E-state index contributed by atoms with van der Waals surface area (Å²) in [6.45, 7) is 1.14. The summed E-state index contributed by atoms with van der Waals surface area (Å²) in [5.41, 5.74) is 1.03. The Hall–Kier alpha value is -2.17. The number of nitrogens with zero attached hydrogens (tertiary/aromatic N) is 1. The number of sulfonamides is 1. The topological polar surface area (TPSA) is 122 Å². The van der Waals surface area contributed by atoms with E-state index in [-0.39, 0.29) is 29.2 Å². The van der Waals surface area contributed by atoms with Gasteiger partial charge in [-0.2, -0.15) is 0 Å². The molecule has 8 nitrogen and oxygen atoms in total. The number of hydrogen-bond acceptors (Lipinski definition) is 5. The van der Waals surface area contributed by atoms with Crippen LogP contribution in [-0.2, 0) is 19.6 Å². The normalized spacial score (nSPS) is 17.0. The van der Waals surface area contributed by atoms with Gasteiger partial charge >= 0.3 is 0 Å². The molecule has 0 aromatic heterocycles. The number of carbonyl (C=O) groups is 2. The third-order valence-corrected chi connectivity index (χ3v) is 6.86. The van der Waals surface area contributed by atoms with Gasteiger partial charge in [-0.3, -0.25) is 14.5 Å². The number of anilines is 2. The molecule has 2 amide bonds. The van der Waals surface area contributed by atoms with E-state index in [1.54, 1.807) is 18.2 Å². The molecule has 1 aliphatic heterocycles. The number of benzene rings is 2. The number of nitrogens with one attached hydrogen (secondary N) is 2. The number of amides is 2. The van der Waals surface area contributed by atoms with Crippen LogP contribution in [0, 0.1) is 0 Å². The fourth-order valence-corrected chi connectivity index (χ4v) is 4.37. The molecule has 1 aliphatic rings. The molecule has 4 N–H and O–H groups in total. The SMILES string of the molecule is NS(=O)(=O)c1ccc(NC(=O)CCN2CCCCC2C(=O)Nc2ccc(Cl)c(Cl)c2)cc1. The summed E-state index contributed by atoms with van der Waals surface area (Å²) < 4.78 is 22.6. The Bertz CT molecular complexity index is 1090. The van der Waals surface area contributed by atoms with Crippen molar-refractivity contribution in [1.29, 1.82) is 0 Å². The van der Waals surface area contributed by atoms with Crippen LogP contribution in [0.3, 0.4) is 0 Å².